The average molecular weight is 1560 g/mol. The van der Waals surface area contributed by atoms with Gasteiger partial charge in [0.1, 0.15) is 12.2 Å². The molecule has 0 rings (SSSR count). The van der Waals surface area contributed by atoms with Crippen molar-refractivity contribution in [1.29, 1.82) is 0 Å². The van der Waals surface area contributed by atoms with Gasteiger partial charge in [-0.1, -0.05) is 143 Å². The number of thiocarbonyl (C=S) groups is 5. The van der Waals surface area contributed by atoms with Crippen molar-refractivity contribution in [1.82, 2.24) is 25.2 Å². The molecular formula is C42H87N5O14S21. The summed E-state index contributed by atoms with van der Waals surface area (Å²) in [5, 5.41) is 4.35. The Kier molecular flexibility index (Phi) is 130. The first-order valence-corrected chi connectivity index (χ1v) is 43.0. The number of ether oxygens (including phenoxy) is 3. The third-order valence-electron chi connectivity index (χ3n) is 5.25. The molecule has 3 N–H and O–H groups in total. The molecule has 0 unspecified atom stereocenters. The number of hydrogen-bond acceptors (Lipinski definition) is 34. The van der Waals surface area contributed by atoms with E-state index in [1.807, 2.05) is 70.5 Å². The van der Waals surface area contributed by atoms with Crippen LogP contribution in [0.2, 0.25) is 0 Å². The second kappa shape index (κ2) is 93.4. The lowest BCUT2D eigenvalue weighted by atomic mass is 10.5. The van der Waals surface area contributed by atoms with Crippen LogP contribution in [-0.2, 0) is 47.2 Å². The minimum atomic E-state index is -2.99. The summed E-state index contributed by atoms with van der Waals surface area (Å²) in [6.07, 6.45) is 26.9. The van der Waals surface area contributed by atoms with Crippen LogP contribution in [0.25, 0.3) is 0 Å². The third-order valence-corrected chi connectivity index (χ3v) is 21.0. The molecule has 0 aromatic rings. The van der Waals surface area contributed by atoms with Crippen molar-refractivity contribution in [3.63, 3.8) is 0 Å². The SMILES string of the molecule is CNC(=O)SC.CNC(=S)SC.CNS(=O)(=O)SC.COC(=O)C(=O)SC.COC(=O)SC.COC(=S)SC.CSC(=O)C(C)=O.CSC(=O)N(C)C.CSC(=O)SC.CSC(=S)N(C)C.CSC(=S)SC.CSC(C)=O.CSC(C)=S. The van der Waals surface area contributed by atoms with Gasteiger partial charge in [0.05, 0.1) is 21.3 Å². The van der Waals surface area contributed by atoms with Gasteiger partial charge in [-0.2, -0.15) is 0 Å². The van der Waals surface area contributed by atoms with Crippen molar-refractivity contribution >= 4 is 314 Å². The van der Waals surface area contributed by atoms with Crippen LogP contribution >= 0.6 is 237 Å². The fraction of sp³-hybridized carbons (Fsp3) is 0.667. The van der Waals surface area contributed by atoms with Crippen LogP contribution in [-0.4, -0.2) is 251 Å². The first kappa shape index (κ1) is 114. The molecule has 0 saturated heterocycles. The summed E-state index contributed by atoms with van der Waals surface area (Å²) in [5.74, 6) is -1.18. The van der Waals surface area contributed by atoms with Gasteiger partial charge in [-0.25, -0.2) is 22.7 Å². The van der Waals surface area contributed by atoms with E-state index >= 15 is 0 Å². The first-order chi connectivity index (χ1) is 37.8. The van der Waals surface area contributed by atoms with Crippen LogP contribution in [0.5, 0.6) is 0 Å². The molecule has 0 aliphatic carbocycles. The topological polar surface area (TPSA) is 258 Å². The minimum absolute atomic E-state index is 0.00926. The van der Waals surface area contributed by atoms with Gasteiger partial charge in [-0.3, -0.25) is 33.6 Å². The van der Waals surface area contributed by atoms with Crippen molar-refractivity contribution in [3.05, 3.63) is 0 Å². The second-order valence-electron chi connectivity index (χ2n) is 11.1. The first-order valence-electron chi connectivity index (χ1n) is 20.6. The second-order valence-corrected chi connectivity index (χ2v) is 30.7. The zero-order chi connectivity index (χ0) is 68.6. The van der Waals surface area contributed by atoms with E-state index in [4.69, 9.17) is 36.7 Å². The highest BCUT2D eigenvalue weighted by Crippen LogP contribution is 2.09. The van der Waals surface area contributed by atoms with E-state index in [1.165, 1.54) is 111 Å². The van der Waals surface area contributed by atoms with Gasteiger partial charge >= 0.3 is 11.3 Å². The fourth-order valence-corrected chi connectivity index (χ4v) is 5.31. The lowest BCUT2D eigenvalue weighted by Crippen LogP contribution is -2.15. The molecule has 0 aliphatic rings. The maximum absolute atomic E-state index is 10.4. The summed E-state index contributed by atoms with van der Waals surface area (Å²) in [4.78, 5) is 94.2. The van der Waals surface area contributed by atoms with Crippen molar-refractivity contribution in [2.45, 2.75) is 20.8 Å². The summed E-state index contributed by atoms with van der Waals surface area (Å²) in [6, 6.07) is 0. The molecule has 490 valence electrons. The minimum Gasteiger partial charge on any atom is -0.482 e. The van der Waals surface area contributed by atoms with E-state index in [-0.39, 0.29) is 36.2 Å². The van der Waals surface area contributed by atoms with Crippen molar-refractivity contribution in [2.24, 2.45) is 0 Å². The van der Waals surface area contributed by atoms with Gasteiger partial charge in [0.2, 0.25) is 14.6 Å². The number of amides is 2. The molecule has 0 aromatic carbocycles. The average Bonchev–Trinajstić information content (AvgIpc) is 3.49. The fourth-order valence-electron chi connectivity index (χ4n) is 1.30. The van der Waals surface area contributed by atoms with Crippen LogP contribution < -0.4 is 15.4 Å². The number of carbonyl (C=O) groups excluding carboxylic acids is 9. The number of carbonyl (C=O) groups is 9. The number of nitrogens with one attached hydrogen (secondary N) is 3. The van der Waals surface area contributed by atoms with Gasteiger partial charge in [0, 0.05) is 60.3 Å². The molecule has 0 aliphatic heterocycles. The predicted octanol–water partition coefficient (Wildman–Crippen LogP) is 12.9. The van der Waals surface area contributed by atoms with Gasteiger partial charge in [-0.05, 0) is 143 Å². The van der Waals surface area contributed by atoms with Crippen LogP contribution in [0, 0.1) is 0 Å². The highest BCUT2D eigenvalue weighted by Gasteiger charge is 2.10. The van der Waals surface area contributed by atoms with Gasteiger partial charge in [0.25, 0.3) is 29.8 Å². The number of ketones is 1. The van der Waals surface area contributed by atoms with Crippen LogP contribution in [0.3, 0.4) is 0 Å². The molecule has 0 radical (unpaired) electrons. The Morgan fingerprint density at radius 1 is 0.451 bits per heavy atom. The van der Waals surface area contributed by atoms with Crippen LogP contribution in [0.15, 0.2) is 0 Å². The van der Waals surface area contributed by atoms with Crippen LogP contribution in [0.4, 0.5) is 19.2 Å². The number of rotatable bonds is 3. The monoisotopic (exact) mass is 1560 g/mol. The zero-order valence-electron chi connectivity index (χ0n) is 51.7. The largest absolute Gasteiger partial charge is 0.482 e. The Labute approximate surface area is 583 Å². The normalized spacial score (nSPS) is 8.34. The zero-order valence-corrected chi connectivity index (χ0v) is 68.8. The molecule has 82 heavy (non-hydrogen) atoms. The Hall–Kier alpha value is 1.24. The predicted molar refractivity (Wildman–Crippen MR) is 414 cm³/mol. The molecule has 0 atom stereocenters. The summed E-state index contributed by atoms with van der Waals surface area (Å²) in [6.45, 7) is 4.73. The smallest absolute Gasteiger partial charge is 0.385 e. The Balaban J connectivity index is -0.0000000573. The Morgan fingerprint density at radius 3 is 0.866 bits per heavy atom. The van der Waals surface area contributed by atoms with E-state index in [2.05, 4.69) is 54.0 Å². The number of thioether (sulfide) groups is 14. The molecule has 0 saturated carbocycles. The highest BCUT2D eigenvalue weighted by molar-refractivity contribution is 8.71. The van der Waals surface area contributed by atoms with E-state index < -0.39 is 20.1 Å². The van der Waals surface area contributed by atoms with Crippen LogP contribution in [0.1, 0.15) is 20.8 Å². The third kappa shape index (κ3) is 139. The summed E-state index contributed by atoms with van der Waals surface area (Å²) in [7, 11) is 14.1. The maximum Gasteiger partial charge on any atom is 0.385 e. The lowest BCUT2D eigenvalue weighted by Gasteiger charge is -2.08. The van der Waals surface area contributed by atoms with Crippen molar-refractivity contribution in [2.75, 3.05) is 164 Å². The number of methoxy groups -OCH3 is 3. The standard InChI is InChI=1S/C4H9NOS.C4H9NS2.C4H6O3S.C4H6O2S.C3H7NOS.C3H7NS2.C3H6O2S.2C3H6OS2.C3H6OS.C3H6S3.C3H6S2.C2H7NO2S2/c2*1-5(2)4(6)7-3;1-7-3(5)4(6)8-2;1-3(5)4(6)7-2;2*1-4-3(5)6-2;2*1-5-3(4)6-2;1-4-3(5)6-2;1-3(4)5-2;1-5-3(4)6-2;1-3(4)5-2;1-3-7(4,5)6-2/h2*1-3H3;1-2H3;1-2H3;2*1-2H3,(H,4,5);3*1-2H3;1-2H3;1-2H3;1-2H3;3H,1-2H3. The molecule has 0 heterocycles. The number of nitrogens with zero attached hydrogens (tertiary/aromatic N) is 2. The lowest BCUT2D eigenvalue weighted by molar-refractivity contribution is -0.147. The summed E-state index contributed by atoms with van der Waals surface area (Å²) in [5.41, 5.74) is 0. The van der Waals surface area contributed by atoms with Gasteiger partial charge < -0.3 is 34.6 Å². The molecule has 0 aromatic heterocycles. The van der Waals surface area contributed by atoms with E-state index in [0.717, 1.165) is 62.4 Å². The van der Waals surface area contributed by atoms with E-state index in [9.17, 15) is 51.6 Å². The molecule has 0 bridgehead atoms. The quantitative estimate of drug-likeness (QED) is 0.103. The number of esters is 1. The highest BCUT2D eigenvalue weighted by atomic mass is 33.1. The maximum atomic E-state index is 10.4. The van der Waals surface area contributed by atoms with Gasteiger partial charge in [0.15, 0.2) is 5.12 Å². The van der Waals surface area contributed by atoms with Gasteiger partial charge in [-0.15, -0.1) is 58.8 Å². The molecule has 19 nitrogen and oxygen atoms in total. The molecule has 40 heteroatoms. The molecule has 2 amide bonds. The molecule has 0 spiro atoms. The Morgan fingerprint density at radius 2 is 0.854 bits per heavy atom. The van der Waals surface area contributed by atoms with Crippen molar-refractivity contribution in [3.8, 4) is 0 Å². The summed E-state index contributed by atoms with van der Waals surface area (Å²) < 4.78 is 40.0. The van der Waals surface area contributed by atoms with E-state index in [0.29, 0.717) is 4.38 Å². The van der Waals surface area contributed by atoms with E-state index in [1.54, 1.807) is 143 Å². The molecular weight excluding hydrogens is 1470 g/mol. The number of hydrogen-bond donors (Lipinski definition) is 3. The summed E-state index contributed by atoms with van der Waals surface area (Å²) >= 11 is 42.0. The molecule has 0 fully saturated rings. The van der Waals surface area contributed by atoms with Crippen molar-refractivity contribution < 1.29 is 65.8 Å². The Bertz CT molecular complexity index is 1590. The number of Topliss-reactive ketones (excluding diaryl/α,β-unsaturated/α-hetero) is 1.